The van der Waals surface area contributed by atoms with Crippen molar-refractivity contribution in [1.82, 2.24) is 0 Å². The molecule has 0 heterocycles. The number of aldehydes is 1. The molecule has 1 nitrogen and oxygen atoms in total. The first kappa shape index (κ1) is 7.08. The lowest BCUT2D eigenvalue weighted by Crippen LogP contribution is -2.00. The van der Waals surface area contributed by atoms with E-state index in [-0.39, 0.29) is 6.42 Å². The van der Waals surface area contributed by atoms with Crippen LogP contribution in [-0.4, -0.2) is 17.8 Å². The van der Waals surface area contributed by atoms with Crippen LogP contribution in [0.5, 0.6) is 0 Å². The predicted molar refractivity (Wildman–Crippen MR) is 29.4 cm³/mol. The third kappa shape index (κ3) is 3.92. The van der Waals surface area contributed by atoms with Crippen LogP contribution in [0.4, 0.5) is 4.39 Å². The summed E-state index contributed by atoms with van der Waals surface area (Å²) in [5.41, 5.74) is 0. The van der Waals surface area contributed by atoms with Crippen molar-refractivity contribution in [2.45, 2.75) is 12.6 Å². The summed E-state index contributed by atoms with van der Waals surface area (Å²) in [7, 11) is 0. The lowest BCUT2D eigenvalue weighted by Gasteiger charge is -1.89. The van der Waals surface area contributed by atoms with E-state index < -0.39 is 6.17 Å². The van der Waals surface area contributed by atoms with Gasteiger partial charge in [0.1, 0.15) is 0 Å². The molecule has 1 atom stereocenters. The Morgan fingerprint density at radius 2 is 2.43 bits per heavy atom. The maximum Gasteiger partial charge on any atom is 0.156 e. The predicted octanol–water partition coefficient (Wildman–Crippen LogP) is 1.31. The van der Waals surface area contributed by atoms with Gasteiger partial charge in [0, 0.05) is 5.33 Å². The topological polar surface area (TPSA) is 17.1 Å². The van der Waals surface area contributed by atoms with E-state index in [1.165, 1.54) is 0 Å². The Hall–Kier alpha value is 0.0800. The minimum atomic E-state index is -1.28. The molecule has 0 saturated heterocycles. The zero-order chi connectivity index (χ0) is 5.70. The van der Waals surface area contributed by atoms with Crippen molar-refractivity contribution in [2.24, 2.45) is 0 Å². The van der Waals surface area contributed by atoms with Gasteiger partial charge in [0.25, 0.3) is 0 Å². The Morgan fingerprint density at radius 3 is 2.57 bits per heavy atom. The Kier molecular flexibility index (Phi) is 4.29. The fraction of sp³-hybridized carbons (Fsp3) is 0.750. The minimum absolute atomic E-state index is 0.281. The lowest BCUT2D eigenvalue weighted by molar-refractivity contribution is -0.111. The van der Waals surface area contributed by atoms with E-state index in [0.717, 1.165) is 0 Å². The second-order valence-corrected chi connectivity index (χ2v) is 1.92. The van der Waals surface area contributed by atoms with Crippen LogP contribution in [0.2, 0.25) is 0 Å². The average molecular weight is 169 g/mol. The summed E-state index contributed by atoms with van der Waals surface area (Å²) in [5, 5.41) is 0.549. The molecule has 0 spiro atoms. The largest absolute Gasteiger partial charge is 0.300 e. The second kappa shape index (κ2) is 4.24. The van der Waals surface area contributed by atoms with Crippen molar-refractivity contribution < 1.29 is 9.18 Å². The molecule has 42 valence electrons. The summed E-state index contributed by atoms with van der Waals surface area (Å²) in [6, 6.07) is 0. The van der Waals surface area contributed by atoms with Crippen molar-refractivity contribution >= 4 is 22.2 Å². The Labute approximate surface area is 50.0 Å². The molecule has 7 heavy (non-hydrogen) atoms. The van der Waals surface area contributed by atoms with Crippen LogP contribution >= 0.6 is 15.9 Å². The number of rotatable bonds is 3. The van der Waals surface area contributed by atoms with Gasteiger partial charge in [-0.25, -0.2) is 4.39 Å². The number of halogens is 2. The summed E-state index contributed by atoms with van der Waals surface area (Å²) in [6.07, 6.45) is -0.690. The van der Waals surface area contributed by atoms with Gasteiger partial charge in [-0.1, -0.05) is 15.9 Å². The Bertz CT molecular complexity index is 57.7. The van der Waals surface area contributed by atoms with Gasteiger partial charge >= 0.3 is 0 Å². The highest BCUT2D eigenvalue weighted by Gasteiger charge is 1.99. The normalized spacial score (nSPS) is 13.4. The second-order valence-electron chi connectivity index (χ2n) is 1.13. The SMILES string of the molecule is O=CC(F)CCBr. The number of carbonyl (C=O) groups excluding carboxylic acids is 1. The Balaban J connectivity index is 2.98. The van der Waals surface area contributed by atoms with Crippen molar-refractivity contribution in [1.29, 1.82) is 0 Å². The van der Waals surface area contributed by atoms with Gasteiger partial charge in [-0.2, -0.15) is 0 Å². The number of carbonyl (C=O) groups is 1. The van der Waals surface area contributed by atoms with Crippen LogP contribution in [0.15, 0.2) is 0 Å². The fourth-order valence-corrected chi connectivity index (χ4v) is 0.610. The monoisotopic (exact) mass is 168 g/mol. The van der Waals surface area contributed by atoms with Gasteiger partial charge in [-0.05, 0) is 6.42 Å². The summed E-state index contributed by atoms with van der Waals surface area (Å²) < 4.78 is 11.7. The number of alkyl halides is 2. The molecule has 0 rings (SSSR count). The molecular weight excluding hydrogens is 163 g/mol. The molecule has 0 aromatic rings. The van der Waals surface area contributed by atoms with E-state index in [1.807, 2.05) is 0 Å². The standard InChI is InChI=1S/C4H6BrFO/c5-2-1-4(6)3-7/h3-4H,1-2H2. The summed E-state index contributed by atoms with van der Waals surface area (Å²) in [5.74, 6) is 0. The molecule has 0 aromatic heterocycles. The van der Waals surface area contributed by atoms with E-state index in [4.69, 9.17) is 0 Å². The van der Waals surface area contributed by atoms with Crippen LogP contribution < -0.4 is 0 Å². The van der Waals surface area contributed by atoms with Gasteiger partial charge in [-0.3, -0.25) is 0 Å². The first-order valence-corrected chi connectivity index (χ1v) is 3.08. The fourth-order valence-electron chi connectivity index (χ4n) is 0.172. The highest BCUT2D eigenvalue weighted by molar-refractivity contribution is 9.09. The molecule has 0 aromatic carbocycles. The molecule has 0 aliphatic heterocycles. The third-order valence-corrected chi connectivity index (χ3v) is 0.990. The lowest BCUT2D eigenvalue weighted by atomic mass is 10.3. The van der Waals surface area contributed by atoms with Crippen molar-refractivity contribution in [2.75, 3.05) is 5.33 Å². The molecular formula is C4H6BrFO. The molecule has 0 N–H and O–H groups in total. The van der Waals surface area contributed by atoms with E-state index in [2.05, 4.69) is 15.9 Å². The summed E-state index contributed by atoms with van der Waals surface area (Å²) in [6.45, 7) is 0. The molecule has 0 aliphatic rings. The van der Waals surface area contributed by atoms with Crippen LogP contribution in [-0.2, 0) is 4.79 Å². The Morgan fingerprint density at radius 1 is 1.86 bits per heavy atom. The van der Waals surface area contributed by atoms with Gasteiger partial charge in [0.2, 0.25) is 0 Å². The molecule has 0 fully saturated rings. The molecule has 0 bridgehead atoms. The summed E-state index contributed by atoms with van der Waals surface area (Å²) >= 11 is 2.99. The zero-order valence-electron chi connectivity index (χ0n) is 3.73. The van der Waals surface area contributed by atoms with Crippen molar-refractivity contribution in [3.05, 3.63) is 0 Å². The van der Waals surface area contributed by atoms with Gasteiger partial charge < -0.3 is 4.79 Å². The molecule has 0 radical (unpaired) electrons. The minimum Gasteiger partial charge on any atom is -0.300 e. The molecule has 3 heteroatoms. The van der Waals surface area contributed by atoms with Gasteiger partial charge in [-0.15, -0.1) is 0 Å². The maximum absolute atomic E-state index is 11.7. The van der Waals surface area contributed by atoms with Crippen LogP contribution in [0.3, 0.4) is 0 Å². The molecule has 0 saturated carbocycles. The van der Waals surface area contributed by atoms with Crippen LogP contribution in [0.1, 0.15) is 6.42 Å². The number of hydrogen-bond donors (Lipinski definition) is 0. The highest BCUT2D eigenvalue weighted by atomic mass is 79.9. The molecule has 0 aliphatic carbocycles. The third-order valence-electron chi connectivity index (χ3n) is 0.533. The molecule has 0 amide bonds. The molecule has 1 unspecified atom stereocenters. The maximum atomic E-state index is 11.7. The van der Waals surface area contributed by atoms with Crippen LogP contribution in [0, 0.1) is 0 Å². The van der Waals surface area contributed by atoms with Crippen LogP contribution in [0.25, 0.3) is 0 Å². The van der Waals surface area contributed by atoms with Crippen molar-refractivity contribution in [3.63, 3.8) is 0 Å². The number of hydrogen-bond acceptors (Lipinski definition) is 1. The summed E-state index contributed by atoms with van der Waals surface area (Å²) in [4.78, 5) is 9.50. The average Bonchev–Trinajstić information content (AvgIpc) is 1.68. The smallest absolute Gasteiger partial charge is 0.156 e. The van der Waals surface area contributed by atoms with E-state index >= 15 is 0 Å². The van der Waals surface area contributed by atoms with Gasteiger partial charge in [0.15, 0.2) is 12.5 Å². The van der Waals surface area contributed by atoms with Crippen molar-refractivity contribution in [3.8, 4) is 0 Å². The quantitative estimate of drug-likeness (QED) is 0.459. The zero-order valence-corrected chi connectivity index (χ0v) is 5.32. The first-order valence-electron chi connectivity index (χ1n) is 1.96. The van der Waals surface area contributed by atoms with E-state index in [0.29, 0.717) is 11.6 Å². The first-order chi connectivity index (χ1) is 3.31. The highest BCUT2D eigenvalue weighted by Crippen LogP contribution is 1.95. The van der Waals surface area contributed by atoms with E-state index in [9.17, 15) is 9.18 Å². The van der Waals surface area contributed by atoms with E-state index in [1.54, 1.807) is 0 Å². The van der Waals surface area contributed by atoms with Gasteiger partial charge in [0.05, 0.1) is 0 Å².